The van der Waals surface area contributed by atoms with E-state index in [-0.39, 0.29) is 0 Å². The molecule has 0 N–H and O–H groups in total. The Hall–Kier alpha value is -9.02. The highest BCUT2D eigenvalue weighted by molar-refractivity contribution is 7.26. The molecule has 0 fully saturated rings. The molecule has 3 heteroatoms. The molecule has 0 radical (unpaired) electrons. The Kier molecular flexibility index (Phi) is 9.75. The second-order valence-electron chi connectivity index (χ2n) is 18.5. The largest absolute Gasteiger partial charge is 0.311 e. The maximum absolute atomic E-state index is 2.39. The van der Waals surface area contributed by atoms with Gasteiger partial charge in [-0.25, -0.2) is 0 Å². The number of hydrogen-bond acceptors (Lipinski definition) is 2. The van der Waals surface area contributed by atoms with E-state index >= 15 is 0 Å². The first kappa shape index (κ1) is 41.0. The Morgan fingerprint density at radius 3 is 1.39 bits per heavy atom. The number of para-hydroxylation sites is 2. The van der Waals surface area contributed by atoms with E-state index in [0.29, 0.717) is 0 Å². The van der Waals surface area contributed by atoms with Gasteiger partial charge in [0, 0.05) is 53.7 Å². The van der Waals surface area contributed by atoms with Gasteiger partial charge in [-0.1, -0.05) is 194 Å². The van der Waals surface area contributed by atoms with Crippen molar-refractivity contribution >= 4 is 91.9 Å². The lowest BCUT2D eigenvalue weighted by Crippen LogP contribution is -2.09. The van der Waals surface area contributed by atoms with Crippen molar-refractivity contribution in [2.45, 2.75) is 0 Å². The molecule has 0 aliphatic heterocycles. The quantitative estimate of drug-likeness (QED) is 0.147. The van der Waals surface area contributed by atoms with Gasteiger partial charge in [0.15, 0.2) is 0 Å². The average molecular weight is 921 g/mol. The number of benzene rings is 12. The summed E-state index contributed by atoms with van der Waals surface area (Å²) in [6, 6.07) is 97.8. The Balaban J connectivity index is 0.827. The van der Waals surface area contributed by atoms with E-state index in [1.54, 1.807) is 0 Å². The highest BCUT2D eigenvalue weighted by Crippen LogP contribution is 2.43. The van der Waals surface area contributed by atoms with Gasteiger partial charge in [0.25, 0.3) is 0 Å². The van der Waals surface area contributed by atoms with E-state index in [1.807, 2.05) is 11.3 Å². The van der Waals surface area contributed by atoms with Crippen molar-refractivity contribution in [2.75, 3.05) is 4.90 Å². The molecule has 71 heavy (non-hydrogen) atoms. The standard InChI is InChI=1S/C68H44N2S/c1-3-19-58-48(12-1)14-11-23-59(58)53-17-9-15-50(42-53)45-26-34-54(35-27-45)69(56-38-30-47(31-39-56)52-33-40-63-64-41-32-49-13-2-4-20-60(49)68(64)71-67(63)44-52)55-36-28-46(29-37-55)51-16-10-18-57(43-51)70-65-24-7-5-21-61(65)62-22-6-8-25-66(62)70/h1-44H. The Bertz CT molecular complexity index is 4270. The summed E-state index contributed by atoms with van der Waals surface area (Å²) >= 11 is 1.89. The lowest BCUT2D eigenvalue weighted by atomic mass is 9.95. The summed E-state index contributed by atoms with van der Waals surface area (Å²) in [5, 5.41) is 10.3. The van der Waals surface area contributed by atoms with Crippen LogP contribution in [0.15, 0.2) is 267 Å². The minimum Gasteiger partial charge on any atom is -0.311 e. The van der Waals surface area contributed by atoms with Crippen LogP contribution in [-0.4, -0.2) is 4.57 Å². The monoisotopic (exact) mass is 920 g/mol. The van der Waals surface area contributed by atoms with Crippen LogP contribution in [0, 0.1) is 0 Å². The predicted octanol–water partition coefficient (Wildman–Crippen LogP) is 19.6. The number of thiophene rings is 1. The third-order valence-electron chi connectivity index (χ3n) is 14.4. The second kappa shape index (κ2) is 16.9. The molecule has 0 saturated heterocycles. The van der Waals surface area contributed by atoms with E-state index in [1.165, 1.54) is 102 Å². The van der Waals surface area contributed by atoms with Crippen molar-refractivity contribution < 1.29 is 0 Å². The highest BCUT2D eigenvalue weighted by Gasteiger charge is 2.17. The number of aromatic nitrogens is 1. The highest BCUT2D eigenvalue weighted by atomic mass is 32.1. The molecule has 14 rings (SSSR count). The summed E-state index contributed by atoms with van der Waals surface area (Å²) < 4.78 is 5.05. The fraction of sp³-hybridized carbons (Fsp3) is 0. The van der Waals surface area contributed by atoms with Gasteiger partial charge in [-0.2, -0.15) is 0 Å². The van der Waals surface area contributed by atoms with Crippen LogP contribution >= 0.6 is 11.3 Å². The van der Waals surface area contributed by atoms with Gasteiger partial charge in [-0.3, -0.25) is 0 Å². The zero-order chi connectivity index (χ0) is 46.8. The van der Waals surface area contributed by atoms with Crippen LogP contribution in [-0.2, 0) is 0 Å². The van der Waals surface area contributed by atoms with Crippen LogP contribution in [0.25, 0.3) is 114 Å². The molecule has 0 bridgehead atoms. The van der Waals surface area contributed by atoms with Crippen LogP contribution < -0.4 is 4.90 Å². The van der Waals surface area contributed by atoms with Gasteiger partial charge in [-0.15, -0.1) is 11.3 Å². The second-order valence-corrected chi connectivity index (χ2v) is 19.5. The maximum Gasteiger partial charge on any atom is 0.0541 e. The Labute approximate surface area is 416 Å². The van der Waals surface area contributed by atoms with Crippen molar-refractivity contribution in [3.8, 4) is 50.2 Å². The van der Waals surface area contributed by atoms with Gasteiger partial charge < -0.3 is 9.47 Å². The molecule has 0 aliphatic rings. The predicted molar refractivity (Wildman–Crippen MR) is 305 cm³/mol. The van der Waals surface area contributed by atoms with Crippen LogP contribution in [0.5, 0.6) is 0 Å². The molecule has 0 aliphatic carbocycles. The number of fused-ring (bicyclic) bond motifs is 9. The van der Waals surface area contributed by atoms with Gasteiger partial charge in [0.05, 0.1) is 11.0 Å². The topological polar surface area (TPSA) is 8.17 Å². The van der Waals surface area contributed by atoms with Crippen LogP contribution in [0.4, 0.5) is 17.1 Å². The van der Waals surface area contributed by atoms with Crippen molar-refractivity contribution in [2.24, 2.45) is 0 Å². The Morgan fingerprint density at radius 1 is 0.282 bits per heavy atom. The summed E-state index contributed by atoms with van der Waals surface area (Å²) in [6.45, 7) is 0. The summed E-state index contributed by atoms with van der Waals surface area (Å²) in [4.78, 5) is 2.37. The summed E-state index contributed by atoms with van der Waals surface area (Å²) in [5.41, 5.74) is 16.4. The summed E-state index contributed by atoms with van der Waals surface area (Å²) in [5.74, 6) is 0. The van der Waals surface area contributed by atoms with Gasteiger partial charge in [-0.05, 0) is 139 Å². The van der Waals surface area contributed by atoms with E-state index in [2.05, 4.69) is 276 Å². The molecule has 0 amide bonds. The van der Waals surface area contributed by atoms with Crippen LogP contribution in [0.2, 0.25) is 0 Å². The first-order chi connectivity index (χ1) is 35.2. The van der Waals surface area contributed by atoms with Gasteiger partial charge >= 0.3 is 0 Å². The molecule has 12 aromatic carbocycles. The number of anilines is 3. The molecule has 14 aromatic rings. The van der Waals surface area contributed by atoms with E-state index < -0.39 is 0 Å². The summed E-state index contributed by atoms with van der Waals surface area (Å²) in [6.07, 6.45) is 0. The third-order valence-corrected chi connectivity index (χ3v) is 15.6. The van der Waals surface area contributed by atoms with Crippen LogP contribution in [0.1, 0.15) is 0 Å². The molecule has 0 spiro atoms. The van der Waals surface area contributed by atoms with Crippen LogP contribution in [0.3, 0.4) is 0 Å². The van der Waals surface area contributed by atoms with Gasteiger partial charge in [0.2, 0.25) is 0 Å². The fourth-order valence-electron chi connectivity index (χ4n) is 10.9. The lowest BCUT2D eigenvalue weighted by molar-refractivity contribution is 1.18. The molecule has 2 aromatic heterocycles. The van der Waals surface area contributed by atoms with E-state index in [0.717, 1.165) is 28.3 Å². The molecule has 2 nitrogen and oxygen atoms in total. The fourth-order valence-corrected chi connectivity index (χ4v) is 12.2. The molecule has 332 valence electrons. The SMILES string of the molecule is c1cc(-c2ccc(N(c3ccc(-c4cccc(-n5c6ccccc6c6ccccc65)c4)cc3)c3ccc(-c4ccc5c(c4)sc4c6ccccc6ccc54)cc3)cc2)cc(-c2cccc3ccccc23)c1. The number of rotatable bonds is 8. The van der Waals surface area contributed by atoms with E-state index in [4.69, 9.17) is 0 Å². The molecular formula is C68H44N2S. The maximum atomic E-state index is 2.39. The average Bonchev–Trinajstić information content (AvgIpc) is 4.00. The third kappa shape index (κ3) is 7.09. The minimum atomic E-state index is 1.09. The smallest absolute Gasteiger partial charge is 0.0541 e. The summed E-state index contributed by atoms with van der Waals surface area (Å²) in [7, 11) is 0. The van der Waals surface area contributed by atoms with E-state index in [9.17, 15) is 0 Å². The zero-order valence-corrected chi connectivity index (χ0v) is 39.5. The van der Waals surface area contributed by atoms with Crippen molar-refractivity contribution in [3.05, 3.63) is 267 Å². The van der Waals surface area contributed by atoms with Gasteiger partial charge in [0.1, 0.15) is 0 Å². The minimum absolute atomic E-state index is 1.09. The molecule has 0 saturated carbocycles. The Morgan fingerprint density at radius 2 is 0.746 bits per heavy atom. The first-order valence-corrected chi connectivity index (χ1v) is 25.1. The number of hydrogen-bond donors (Lipinski definition) is 0. The molecule has 0 atom stereocenters. The molecular weight excluding hydrogens is 877 g/mol. The zero-order valence-electron chi connectivity index (χ0n) is 38.7. The normalized spacial score (nSPS) is 11.7. The van der Waals surface area contributed by atoms with Crippen molar-refractivity contribution in [3.63, 3.8) is 0 Å². The first-order valence-electron chi connectivity index (χ1n) is 24.3. The molecule has 2 heterocycles. The van der Waals surface area contributed by atoms with Crippen molar-refractivity contribution in [1.82, 2.24) is 4.57 Å². The van der Waals surface area contributed by atoms with Crippen molar-refractivity contribution in [1.29, 1.82) is 0 Å². The molecule has 0 unspecified atom stereocenters. The number of nitrogens with zero attached hydrogens (tertiary/aromatic N) is 2. The lowest BCUT2D eigenvalue weighted by Gasteiger charge is -2.26.